The van der Waals surface area contributed by atoms with Crippen LogP contribution in [0.3, 0.4) is 0 Å². The van der Waals surface area contributed by atoms with Crippen LogP contribution in [0.25, 0.3) is 10.9 Å². The number of aliphatic hydroxyl groups excluding tert-OH is 1. The van der Waals surface area contributed by atoms with Crippen LogP contribution in [0, 0.1) is 11.8 Å². The van der Waals surface area contributed by atoms with Gasteiger partial charge < -0.3 is 15.3 Å². The van der Waals surface area contributed by atoms with Crippen LogP contribution in [-0.4, -0.2) is 48.2 Å². The number of benzene rings is 1. The highest BCUT2D eigenvalue weighted by Gasteiger charge is 2.36. The summed E-state index contributed by atoms with van der Waals surface area (Å²) in [6.07, 6.45) is 2.72. The molecule has 5 nitrogen and oxygen atoms in total. The minimum atomic E-state index is -2.64. The lowest BCUT2D eigenvalue weighted by Crippen LogP contribution is -2.35. The molecule has 1 amide bonds. The van der Waals surface area contributed by atoms with Gasteiger partial charge in [-0.1, -0.05) is 11.6 Å². The summed E-state index contributed by atoms with van der Waals surface area (Å²) in [5, 5.41) is 12.9. The molecule has 0 bridgehead atoms. The molecule has 0 spiro atoms. The third-order valence-electron chi connectivity index (χ3n) is 6.47. The number of carbonyl (C=O) groups is 1. The molecule has 1 aromatic heterocycles. The summed E-state index contributed by atoms with van der Waals surface area (Å²) in [6.45, 7) is 2.15. The molecule has 2 aliphatic rings. The highest BCUT2D eigenvalue weighted by molar-refractivity contribution is 6.35. The molecular formula is C23H28ClF2N3O2. The first kappa shape index (κ1) is 22.2. The number of rotatable bonds is 6. The number of amides is 1. The topological polar surface area (TPSA) is 65.5 Å². The minimum Gasteiger partial charge on any atom is -0.396 e. The molecule has 4 rings (SSSR count). The predicted molar refractivity (Wildman–Crippen MR) is 118 cm³/mol. The number of carbonyl (C=O) groups excluding carboxylic acids is 1. The third kappa shape index (κ3) is 5.09. The number of hydrogen-bond donors (Lipinski definition) is 2. The van der Waals surface area contributed by atoms with Crippen molar-refractivity contribution in [2.24, 2.45) is 11.8 Å². The summed E-state index contributed by atoms with van der Waals surface area (Å²) in [5.74, 6) is -1.93. The molecule has 0 radical (unpaired) electrons. The van der Waals surface area contributed by atoms with Gasteiger partial charge in [0.1, 0.15) is 5.82 Å². The largest absolute Gasteiger partial charge is 0.396 e. The molecular weight excluding hydrogens is 424 g/mol. The van der Waals surface area contributed by atoms with Gasteiger partial charge in [-0.15, -0.1) is 0 Å². The van der Waals surface area contributed by atoms with Crippen LogP contribution in [0.1, 0.15) is 48.9 Å². The molecule has 31 heavy (non-hydrogen) atoms. The monoisotopic (exact) mass is 451 g/mol. The van der Waals surface area contributed by atoms with E-state index in [1.54, 1.807) is 12.1 Å². The van der Waals surface area contributed by atoms with Crippen molar-refractivity contribution >= 4 is 34.2 Å². The smallest absolute Gasteiger partial charge is 0.253 e. The average Bonchev–Trinajstić information content (AvgIpc) is 3.20. The van der Waals surface area contributed by atoms with Crippen LogP contribution in [0.2, 0.25) is 5.02 Å². The van der Waals surface area contributed by atoms with Crippen LogP contribution in [0.15, 0.2) is 24.3 Å². The van der Waals surface area contributed by atoms with Gasteiger partial charge in [-0.05, 0) is 61.8 Å². The van der Waals surface area contributed by atoms with E-state index in [1.807, 2.05) is 12.1 Å². The van der Waals surface area contributed by atoms with Crippen LogP contribution in [0.5, 0.6) is 0 Å². The van der Waals surface area contributed by atoms with Crippen molar-refractivity contribution in [3.63, 3.8) is 0 Å². The van der Waals surface area contributed by atoms with E-state index in [-0.39, 0.29) is 37.8 Å². The Kier molecular flexibility index (Phi) is 6.63. The standard InChI is InChI=1S/C23H28ClF2N3O2/c24-18-4-5-19-17(3-6-20(28-19)29-10-7-15(14-29)8-11-30)21(18)22(31)27-13-16-2-1-9-23(25,26)12-16/h3-6,15-16,30H,1-2,7-14H2,(H,27,31)/t15-,16?/m0/s1. The first-order valence-corrected chi connectivity index (χ1v) is 11.4. The summed E-state index contributed by atoms with van der Waals surface area (Å²) in [7, 11) is 0. The van der Waals surface area contributed by atoms with E-state index in [0.29, 0.717) is 40.2 Å². The highest BCUT2D eigenvalue weighted by atomic mass is 35.5. The van der Waals surface area contributed by atoms with Crippen molar-refractivity contribution in [3.8, 4) is 0 Å². The molecule has 1 aliphatic heterocycles. The Morgan fingerprint density at radius 3 is 2.87 bits per heavy atom. The van der Waals surface area contributed by atoms with Gasteiger partial charge in [0.2, 0.25) is 5.92 Å². The van der Waals surface area contributed by atoms with E-state index in [0.717, 1.165) is 31.7 Å². The van der Waals surface area contributed by atoms with Crippen molar-refractivity contribution in [2.45, 2.75) is 44.4 Å². The van der Waals surface area contributed by atoms with Crippen molar-refractivity contribution in [2.75, 3.05) is 31.1 Å². The van der Waals surface area contributed by atoms with Crippen molar-refractivity contribution < 1.29 is 18.7 Å². The minimum absolute atomic E-state index is 0.0711. The Labute approximate surface area is 185 Å². The lowest BCUT2D eigenvalue weighted by atomic mass is 9.86. The molecule has 2 heterocycles. The fraction of sp³-hybridized carbons (Fsp3) is 0.565. The van der Waals surface area contributed by atoms with Gasteiger partial charge in [0.25, 0.3) is 5.91 Å². The molecule has 1 unspecified atom stereocenters. The Morgan fingerprint density at radius 1 is 1.26 bits per heavy atom. The van der Waals surface area contributed by atoms with Gasteiger partial charge in [0.05, 0.1) is 16.1 Å². The number of pyridine rings is 1. The van der Waals surface area contributed by atoms with E-state index < -0.39 is 5.92 Å². The molecule has 2 aromatic rings. The van der Waals surface area contributed by atoms with E-state index in [2.05, 4.69) is 10.2 Å². The lowest BCUT2D eigenvalue weighted by molar-refractivity contribution is -0.0518. The van der Waals surface area contributed by atoms with E-state index in [1.165, 1.54) is 0 Å². The van der Waals surface area contributed by atoms with E-state index >= 15 is 0 Å². The Bertz CT molecular complexity index is 956. The number of aromatic nitrogens is 1. The maximum Gasteiger partial charge on any atom is 0.253 e. The van der Waals surface area contributed by atoms with E-state index in [4.69, 9.17) is 21.7 Å². The first-order chi connectivity index (χ1) is 14.9. The normalized spacial score (nSPS) is 23.3. The first-order valence-electron chi connectivity index (χ1n) is 11.0. The molecule has 2 fully saturated rings. The van der Waals surface area contributed by atoms with Crippen molar-refractivity contribution in [1.29, 1.82) is 0 Å². The molecule has 1 saturated heterocycles. The Balaban J connectivity index is 1.50. The Hall–Kier alpha value is -1.99. The van der Waals surface area contributed by atoms with Gasteiger partial charge in [0, 0.05) is 44.5 Å². The second-order valence-corrected chi connectivity index (χ2v) is 9.21. The predicted octanol–water partition coefficient (Wildman–Crippen LogP) is 4.65. The van der Waals surface area contributed by atoms with Crippen molar-refractivity contribution in [3.05, 3.63) is 34.9 Å². The number of aliphatic hydroxyl groups is 1. The highest BCUT2D eigenvalue weighted by Crippen LogP contribution is 2.36. The number of alkyl halides is 2. The van der Waals surface area contributed by atoms with Gasteiger partial charge in [0.15, 0.2) is 0 Å². The number of fused-ring (bicyclic) bond motifs is 1. The van der Waals surface area contributed by atoms with E-state index in [9.17, 15) is 13.6 Å². The van der Waals surface area contributed by atoms with Gasteiger partial charge >= 0.3 is 0 Å². The second-order valence-electron chi connectivity index (χ2n) is 8.80. The maximum atomic E-state index is 13.6. The molecule has 2 atom stereocenters. The number of halogens is 3. The fourth-order valence-electron chi connectivity index (χ4n) is 4.81. The molecule has 1 aromatic carbocycles. The van der Waals surface area contributed by atoms with Crippen LogP contribution < -0.4 is 10.2 Å². The summed E-state index contributed by atoms with van der Waals surface area (Å²) < 4.78 is 27.3. The van der Waals surface area contributed by atoms with Gasteiger partial charge in [-0.25, -0.2) is 13.8 Å². The fourth-order valence-corrected chi connectivity index (χ4v) is 5.06. The number of anilines is 1. The number of nitrogens with zero attached hydrogens (tertiary/aromatic N) is 2. The molecule has 168 valence electrons. The zero-order valence-corrected chi connectivity index (χ0v) is 18.2. The number of hydrogen-bond acceptors (Lipinski definition) is 4. The van der Waals surface area contributed by atoms with Gasteiger partial charge in [-0.3, -0.25) is 4.79 Å². The zero-order valence-electron chi connectivity index (χ0n) is 17.4. The zero-order chi connectivity index (χ0) is 22.0. The van der Waals surface area contributed by atoms with Crippen LogP contribution in [0.4, 0.5) is 14.6 Å². The summed E-state index contributed by atoms with van der Waals surface area (Å²) in [4.78, 5) is 19.8. The summed E-state index contributed by atoms with van der Waals surface area (Å²) in [6, 6.07) is 7.19. The number of nitrogens with one attached hydrogen (secondary N) is 1. The molecule has 1 saturated carbocycles. The summed E-state index contributed by atoms with van der Waals surface area (Å²) >= 11 is 6.34. The second kappa shape index (κ2) is 9.25. The van der Waals surface area contributed by atoms with Gasteiger partial charge in [-0.2, -0.15) is 0 Å². The average molecular weight is 452 g/mol. The SMILES string of the molecule is O=C(NCC1CCCC(F)(F)C1)c1c(Cl)ccc2nc(N3CC[C@@H](CCO)C3)ccc12. The molecule has 8 heteroatoms. The lowest BCUT2D eigenvalue weighted by Gasteiger charge is -2.29. The van der Waals surface area contributed by atoms with Crippen molar-refractivity contribution in [1.82, 2.24) is 10.3 Å². The molecule has 1 aliphatic carbocycles. The molecule has 2 N–H and O–H groups in total. The Morgan fingerprint density at radius 2 is 2.10 bits per heavy atom. The third-order valence-corrected chi connectivity index (χ3v) is 6.79. The van der Waals surface area contributed by atoms with Crippen LogP contribution in [-0.2, 0) is 0 Å². The quantitative estimate of drug-likeness (QED) is 0.670. The van der Waals surface area contributed by atoms with Crippen LogP contribution >= 0.6 is 11.6 Å². The summed E-state index contributed by atoms with van der Waals surface area (Å²) in [5.41, 5.74) is 1.00. The maximum absolute atomic E-state index is 13.6.